The minimum absolute atomic E-state index is 0.118. The number of benzene rings is 1. The van der Waals surface area contributed by atoms with Gasteiger partial charge in [0.15, 0.2) is 0 Å². The van der Waals surface area contributed by atoms with E-state index in [2.05, 4.69) is 4.98 Å². The van der Waals surface area contributed by atoms with Crippen molar-refractivity contribution in [2.75, 3.05) is 19.4 Å². The van der Waals surface area contributed by atoms with Crippen LogP contribution in [0.2, 0.25) is 0 Å². The fourth-order valence-electron chi connectivity index (χ4n) is 3.74. The van der Waals surface area contributed by atoms with E-state index < -0.39 is 26.8 Å². The number of aryl methyl sites for hydroxylation is 2. The Hall–Kier alpha value is -2.10. The molecule has 9 heteroatoms. The number of carbonyl (C=O) groups excluding carboxylic acids is 1. The summed E-state index contributed by atoms with van der Waals surface area (Å²) in [5, 5.41) is 0. The van der Waals surface area contributed by atoms with Crippen LogP contribution in [0.3, 0.4) is 0 Å². The Kier molecular flexibility index (Phi) is 6.98. The van der Waals surface area contributed by atoms with Crippen molar-refractivity contribution < 1.29 is 22.7 Å². The second kappa shape index (κ2) is 9.18. The molecule has 1 aliphatic rings. The first-order valence-electron chi connectivity index (χ1n) is 9.95. The summed E-state index contributed by atoms with van der Waals surface area (Å²) in [5.74, 6) is 0.611. The molecule has 168 valence electrons. The van der Waals surface area contributed by atoms with E-state index in [4.69, 9.17) is 9.47 Å². The molecule has 31 heavy (non-hydrogen) atoms. The van der Waals surface area contributed by atoms with Crippen LogP contribution >= 0.6 is 11.8 Å². The number of carbonyl (C=O) groups is 1. The number of hydrogen-bond acceptors (Lipinski definition) is 7. The molecular formula is C22H28N2O5S2. The summed E-state index contributed by atoms with van der Waals surface area (Å²) in [5.41, 5.74) is 2.83. The van der Waals surface area contributed by atoms with E-state index in [9.17, 15) is 13.2 Å². The molecular weight excluding hydrogens is 436 g/mol. The van der Waals surface area contributed by atoms with Crippen LogP contribution < -0.4 is 4.74 Å². The zero-order valence-electron chi connectivity index (χ0n) is 18.4. The van der Waals surface area contributed by atoms with Gasteiger partial charge in [0.1, 0.15) is 18.4 Å². The van der Waals surface area contributed by atoms with Crippen molar-refractivity contribution in [1.82, 2.24) is 9.29 Å². The van der Waals surface area contributed by atoms with Crippen molar-refractivity contribution in [2.24, 2.45) is 0 Å². The van der Waals surface area contributed by atoms with E-state index in [0.29, 0.717) is 18.1 Å². The number of nitrogens with zero attached hydrogens (tertiary/aromatic N) is 2. The normalized spacial score (nSPS) is 19.1. The van der Waals surface area contributed by atoms with Crippen LogP contribution in [0.1, 0.15) is 30.8 Å². The molecule has 0 aliphatic carbocycles. The lowest BCUT2D eigenvalue weighted by Crippen LogP contribution is -2.58. The van der Waals surface area contributed by atoms with E-state index in [1.165, 1.54) is 23.5 Å². The molecule has 0 radical (unpaired) electrons. The standard InChI is InChI=1S/C22H28N2O5S2/c1-15-12-17(13-16(2)23-15)14-29-18-6-8-19(9-7-18)31(26,27)24-10-11-30-22(3,4)20(24)21(25)28-5/h6-9,12-13,20H,10-11,14H2,1-5H3. The summed E-state index contributed by atoms with van der Waals surface area (Å²) >= 11 is 1.56. The van der Waals surface area contributed by atoms with Crippen LogP contribution in [0, 0.1) is 13.8 Å². The molecule has 1 unspecified atom stereocenters. The van der Waals surface area contributed by atoms with Gasteiger partial charge in [0.25, 0.3) is 0 Å². The molecule has 0 saturated carbocycles. The van der Waals surface area contributed by atoms with Gasteiger partial charge in [-0.15, -0.1) is 0 Å². The third-order valence-electron chi connectivity index (χ3n) is 5.13. The maximum Gasteiger partial charge on any atom is 0.325 e. The van der Waals surface area contributed by atoms with Crippen LogP contribution in [-0.2, 0) is 26.2 Å². The molecule has 0 bridgehead atoms. The summed E-state index contributed by atoms with van der Waals surface area (Å²) < 4.78 is 38.1. The Morgan fingerprint density at radius 2 is 1.81 bits per heavy atom. The summed E-state index contributed by atoms with van der Waals surface area (Å²) in [6, 6.07) is 9.29. The van der Waals surface area contributed by atoms with Crippen LogP contribution in [0.15, 0.2) is 41.3 Å². The van der Waals surface area contributed by atoms with Gasteiger partial charge in [0.2, 0.25) is 10.0 Å². The monoisotopic (exact) mass is 464 g/mol. The quantitative estimate of drug-likeness (QED) is 0.606. The summed E-state index contributed by atoms with van der Waals surface area (Å²) in [6.07, 6.45) is 0. The highest BCUT2D eigenvalue weighted by molar-refractivity contribution is 8.00. The van der Waals surface area contributed by atoms with Crippen molar-refractivity contribution in [3.63, 3.8) is 0 Å². The number of thioether (sulfide) groups is 1. The predicted octanol–water partition coefficient (Wildman–Crippen LogP) is 3.34. The highest BCUT2D eigenvalue weighted by atomic mass is 32.2. The van der Waals surface area contributed by atoms with E-state index in [-0.39, 0.29) is 11.4 Å². The average Bonchev–Trinajstić information content (AvgIpc) is 2.70. The highest BCUT2D eigenvalue weighted by Gasteiger charge is 2.48. The van der Waals surface area contributed by atoms with Gasteiger partial charge in [0, 0.05) is 28.4 Å². The smallest absolute Gasteiger partial charge is 0.325 e. The molecule has 1 aromatic heterocycles. The second-order valence-corrected chi connectivity index (χ2v) is 11.7. The molecule has 3 rings (SSSR count). The Balaban J connectivity index is 1.79. The average molecular weight is 465 g/mol. The molecule has 0 spiro atoms. The maximum atomic E-state index is 13.3. The first-order chi connectivity index (χ1) is 14.5. The minimum Gasteiger partial charge on any atom is -0.489 e. The Bertz CT molecular complexity index is 1030. The lowest BCUT2D eigenvalue weighted by molar-refractivity contribution is -0.146. The number of pyridine rings is 1. The van der Waals surface area contributed by atoms with Gasteiger partial charge in [-0.25, -0.2) is 8.42 Å². The van der Waals surface area contributed by atoms with Crippen molar-refractivity contribution in [3.05, 3.63) is 53.3 Å². The van der Waals surface area contributed by atoms with Gasteiger partial charge in [-0.3, -0.25) is 9.78 Å². The van der Waals surface area contributed by atoms with Gasteiger partial charge >= 0.3 is 5.97 Å². The van der Waals surface area contributed by atoms with Crippen molar-refractivity contribution >= 4 is 27.8 Å². The Labute approximate surface area is 188 Å². The lowest BCUT2D eigenvalue weighted by Gasteiger charge is -2.43. The molecule has 1 fully saturated rings. The van der Waals surface area contributed by atoms with Crippen molar-refractivity contribution in [1.29, 1.82) is 0 Å². The second-order valence-electron chi connectivity index (χ2n) is 8.01. The SMILES string of the molecule is COC(=O)C1N(S(=O)(=O)c2ccc(OCc3cc(C)nc(C)c3)cc2)CCSC1(C)C. The van der Waals surface area contributed by atoms with Crippen LogP contribution in [0.5, 0.6) is 5.75 Å². The molecule has 1 aromatic carbocycles. The number of esters is 1. The van der Waals surface area contributed by atoms with Crippen LogP contribution in [0.4, 0.5) is 0 Å². The zero-order chi connectivity index (χ0) is 22.8. The lowest BCUT2D eigenvalue weighted by atomic mass is 10.0. The largest absolute Gasteiger partial charge is 0.489 e. The predicted molar refractivity (Wildman–Crippen MR) is 121 cm³/mol. The molecule has 2 heterocycles. The van der Waals surface area contributed by atoms with Gasteiger partial charge in [-0.05, 0) is 69.7 Å². The Morgan fingerprint density at radius 3 is 2.39 bits per heavy atom. The van der Waals surface area contributed by atoms with Gasteiger partial charge < -0.3 is 9.47 Å². The van der Waals surface area contributed by atoms with Gasteiger partial charge in [-0.1, -0.05) is 0 Å². The third kappa shape index (κ3) is 5.22. The fourth-order valence-corrected chi connectivity index (χ4v) is 6.83. The number of aromatic nitrogens is 1. The summed E-state index contributed by atoms with van der Waals surface area (Å²) in [6.45, 7) is 8.19. The van der Waals surface area contributed by atoms with Crippen molar-refractivity contribution in [2.45, 2.75) is 50.0 Å². The summed E-state index contributed by atoms with van der Waals surface area (Å²) in [4.78, 5) is 16.9. The number of methoxy groups -OCH3 is 1. The summed E-state index contributed by atoms with van der Waals surface area (Å²) in [7, 11) is -2.60. The molecule has 1 aliphatic heterocycles. The molecule has 0 N–H and O–H groups in total. The minimum atomic E-state index is -3.88. The van der Waals surface area contributed by atoms with E-state index in [1.807, 2.05) is 39.8 Å². The number of ether oxygens (including phenoxy) is 2. The van der Waals surface area contributed by atoms with Crippen LogP contribution in [-0.4, -0.2) is 53.9 Å². The van der Waals surface area contributed by atoms with Crippen LogP contribution in [0.25, 0.3) is 0 Å². The first kappa shape index (κ1) is 23.6. The first-order valence-corrected chi connectivity index (χ1v) is 12.4. The van der Waals surface area contributed by atoms with Gasteiger partial charge in [-0.2, -0.15) is 16.1 Å². The Morgan fingerprint density at radius 1 is 1.19 bits per heavy atom. The topological polar surface area (TPSA) is 85.8 Å². The fraction of sp³-hybridized carbons (Fsp3) is 0.455. The molecule has 2 aromatic rings. The van der Waals surface area contributed by atoms with E-state index in [0.717, 1.165) is 17.0 Å². The number of sulfonamides is 1. The van der Waals surface area contributed by atoms with E-state index in [1.54, 1.807) is 23.9 Å². The number of rotatable bonds is 6. The van der Waals surface area contributed by atoms with Gasteiger partial charge in [0.05, 0.1) is 12.0 Å². The van der Waals surface area contributed by atoms with E-state index >= 15 is 0 Å². The zero-order valence-corrected chi connectivity index (χ0v) is 20.0. The number of hydrogen-bond donors (Lipinski definition) is 0. The molecule has 0 amide bonds. The third-order valence-corrected chi connectivity index (χ3v) is 8.37. The molecule has 1 atom stereocenters. The highest BCUT2D eigenvalue weighted by Crippen LogP contribution is 2.38. The molecule has 7 nitrogen and oxygen atoms in total. The van der Waals surface area contributed by atoms with Crippen molar-refractivity contribution in [3.8, 4) is 5.75 Å². The molecule has 1 saturated heterocycles. The maximum absolute atomic E-state index is 13.3.